The van der Waals surface area contributed by atoms with E-state index >= 15 is 0 Å². The van der Waals surface area contributed by atoms with Gasteiger partial charge >= 0.3 is 0 Å². The van der Waals surface area contributed by atoms with Gasteiger partial charge in [-0.3, -0.25) is 4.79 Å². The van der Waals surface area contributed by atoms with Crippen LogP contribution in [0.3, 0.4) is 0 Å². The maximum absolute atomic E-state index is 12.0. The summed E-state index contributed by atoms with van der Waals surface area (Å²) in [5.41, 5.74) is 5.88. The first-order valence-corrected chi connectivity index (χ1v) is 6.29. The molecule has 2 N–H and O–H groups in total. The molecule has 0 radical (unpaired) electrons. The Hall–Kier alpha value is -0.570. The number of nitrogens with zero attached hydrogens (tertiary/aromatic N) is 1. The summed E-state index contributed by atoms with van der Waals surface area (Å²) in [6.45, 7) is 1.71. The fourth-order valence-corrected chi connectivity index (χ4v) is 2.83. The number of hydrogen-bond donors (Lipinski definition) is 1. The molecule has 0 aromatic rings. The second-order valence-electron chi connectivity index (χ2n) is 5.10. The highest BCUT2D eigenvalue weighted by Crippen LogP contribution is 2.28. The number of hydrogen-bond acceptors (Lipinski definition) is 2. The van der Waals surface area contributed by atoms with Crippen LogP contribution in [0.25, 0.3) is 0 Å². The Morgan fingerprint density at radius 2 is 1.93 bits per heavy atom. The summed E-state index contributed by atoms with van der Waals surface area (Å²) < 4.78 is 0. The maximum atomic E-state index is 12.0. The molecule has 3 nitrogen and oxygen atoms in total. The number of carbonyl (C=O) groups excluding carboxylic acids is 1. The van der Waals surface area contributed by atoms with Gasteiger partial charge in [-0.1, -0.05) is 12.8 Å². The fraction of sp³-hybridized carbons (Fsp3) is 0.917. The van der Waals surface area contributed by atoms with E-state index < -0.39 is 0 Å². The van der Waals surface area contributed by atoms with Gasteiger partial charge in [0, 0.05) is 25.6 Å². The summed E-state index contributed by atoms with van der Waals surface area (Å²) in [5, 5.41) is 0. The zero-order chi connectivity index (χ0) is 10.7. The van der Waals surface area contributed by atoms with E-state index in [-0.39, 0.29) is 6.04 Å². The van der Waals surface area contributed by atoms with Crippen LogP contribution in [0.5, 0.6) is 0 Å². The third kappa shape index (κ3) is 2.94. The van der Waals surface area contributed by atoms with E-state index in [9.17, 15) is 4.79 Å². The molecule has 1 unspecified atom stereocenters. The van der Waals surface area contributed by atoms with Crippen molar-refractivity contribution in [1.29, 1.82) is 0 Å². The van der Waals surface area contributed by atoms with Gasteiger partial charge in [-0.15, -0.1) is 0 Å². The van der Waals surface area contributed by atoms with Crippen molar-refractivity contribution in [3.8, 4) is 0 Å². The Bertz CT molecular complexity index is 224. The van der Waals surface area contributed by atoms with Crippen molar-refractivity contribution in [2.75, 3.05) is 13.1 Å². The van der Waals surface area contributed by atoms with Crippen LogP contribution >= 0.6 is 0 Å². The van der Waals surface area contributed by atoms with Crippen molar-refractivity contribution in [3.63, 3.8) is 0 Å². The monoisotopic (exact) mass is 210 g/mol. The third-order valence-electron chi connectivity index (χ3n) is 3.75. The van der Waals surface area contributed by atoms with Crippen LogP contribution in [-0.4, -0.2) is 29.9 Å². The summed E-state index contributed by atoms with van der Waals surface area (Å²) in [4.78, 5) is 13.9. The van der Waals surface area contributed by atoms with Crippen molar-refractivity contribution in [3.05, 3.63) is 0 Å². The van der Waals surface area contributed by atoms with Crippen LogP contribution in [-0.2, 0) is 4.79 Å². The number of amides is 1. The molecule has 1 atom stereocenters. The van der Waals surface area contributed by atoms with Gasteiger partial charge in [0.05, 0.1) is 0 Å². The molecule has 86 valence electrons. The van der Waals surface area contributed by atoms with Gasteiger partial charge in [-0.2, -0.15) is 0 Å². The highest BCUT2D eigenvalue weighted by atomic mass is 16.2. The molecule has 0 spiro atoms. The van der Waals surface area contributed by atoms with Crippen LogP contribution < -0.4 is 5.73 Å². The predicted octanol–water partition coefficient (Wildman–Crippen LogP) is 1.52. The lowest BCUT2D eigenvalue weighted by atomic mass is 10.0. The van der Waals surface area contributed by atoms with Gasteiger partial charge in [0.15, 0.2) is 0 Å². The molecule has 1 amide bonds. The van der Waals surface area contributed by atoms with E-state index in [4.69, 9.17) is 5.73 Å². The number of likely N-dealkylation sites (tertiary alicyclic amines) is 1. The average Bonchev–Trinajstić information content (AvgIpc) is 2.70. The van der Waals surface area contributed by atoms with E-state index in [0.29, 0.717) is 11.8 Å². The van der Waals surface area contributed by atoms with Crippen molar-refractivity contribution in [2.45, 2.75) is 51.0 Å². The van der Waals surface area contributed by atoms with Crippen molar-refractivity contribution in [2.24, 2.45) is 11.7 Å². The highest BCUT2D eigenvalue weighted by molar-refractivity contribution is 5.76. The molecular weight excluding hydrogens is 188 g/mol. The number of carbonyl (C=O) groups is 1. The first kappa shape index (κ1) is 10.9. The minimum Gasteiger partial charge on any atom is -0.341 e. The number of piperidine rings is 1. The van der Waals surface area contributed by atoms with Gasteiger partial charge in [0.25, 0.3) is 0 Å². The minimum atomic E-state index is 0.214. The standard InChI is InChI=1S/C12H22N2O/c13-11-6-3-7-14(9-11)12(15)8-10-4-1-2-5-10/h10-11H,1-9,13H2. The van der Waals surface area contributed by atoms with Crippen LogP contribution in [0.4, 0.5) is 0 Å². The molecule has 1 aliphatic carbocycles. The average molecular weight is 210 g/mol. The predicted molar refractivity (Wildman–Crippen MR) is 60.4 cm³/mol. The first-order chi connectivity index (χ1) is 7.25. The highest BCUT2D eigenvalue weighted by Gasteiger charge is 2.25. The Balaban J connectivity index is 1.78. The van der Waals surface area contributed by atoms with Crippen molar-refractivity contribution < 1.29 is 4.79 Å². The first-order valence-electron chi connectivity index (χ1n) is 6.29. The summed E-state index contributed by atoms with van der Waals surface area (Å²) in [6, 6.07) is 0.214. The Kier molecular flexibility index (Phi) is 3.62. The molecule has 0 bridgehead atoms. The summed E-state index contributed by atoms with van der Waals surface area (Å²) in [7, 11) is 0. The summed E-state index contributed by atoms with van der Waals surface area (Å²) >= 11 is 0. The molecule has 0 aromatic carbocycles. The molecule has 1 saturated carbocycles. The zero-order valence-electron chi connectivity index (χ0n) is 9.45. The Labute approximate surface area is 92.0 Å². The fourth-order valence-electron chi connectivity index (χ4n) is 2.83. The molecule has 3 heteroatoms. The Morgan fingerprint density at radius 1 is 1.20 bits per heavy atom. The molecule has 1 saturated heterocycles. The van der Waals surface area contributed by atoms with Crippen LogP contribution in [0.1, 0.15) is 44.9 Å². The van der Waals surface area contributed by atoms with E-state index in [0.717, 1.165) is 32.4 Å². The molecule has 0 aromatic heterocycles. The smallest absolute Gasteiger partial charge is 0.222 e. The third-order valence-corrected chi connectivity index (χ3v) is 3.75. The number of nitrogens with two attached hydrogens (primary N) is 1. The van der Waals surface area contributed by atoms with Crippen molar-refractivity contribution in [1.82, 2.24) is 4.90 Å². The van der Waals surface area contributed by atoms with Gasteiger partial charge in [0.1, 0.15) is 0 Å². The van der Waals surface area contributed by atoms with Gasteiger partial charge in [-0.25, -0.2) is 0 Å². The molecule has 15 heavy (non-hydrogen) atoms. The quantitative estimate of drug-likeness (QED) is 0.751. The van der Waals surface area contributed by atoms with Crippen LogP contribution in [0.2, 0.25) is 0 Å². The van der Waals surface area contributed by atoms with E-state index in [1.807, 2.05) is 4.90 Å². The van der Waals surface area contributed by atoms with Crippen LogP contribution in [0, 0.1) is 5.92 Å². The molecule has 1 aliphatic heterocycles. The summed E-state index contributed by atoms with van der Waals surface area (Å²) in [6.07, 6.45) is 8.07. The topological polar surface area (TPSA) is 46.3 Å². The maximum Gasteiger partial charge on any atom is 0.222 e. The molecule has 1 heterocycles. The zero-order valence-corrected chi connectivity index (χ0v) is 9.45. The summed E-state index contributed by atoms with van der Waals surface area (Å²) in [5.74, 6) is 1.01. The second kappa shape index (κ2) is 4.97. The molecular formula is C12H22N2O. The van der Waals surface area contributed by atoms with Gasteiger partial charge < -0.3 is 10.6 Å². The van der Waals surface area contributed by atoms with Crippen LogP contribution in [0.15, 0.2) is 0 Å². The van der Waals surface area contributed by atoms with Crippen molar-refractivity contribution >= 4 is 5.91 Å². The van der Waals surface area contributed by atoms with E-state index in [1.54, 1.807) is 0 Å². The molecule has 2 aliphatic rings. The normalized spacial score (nSPS) is 28.3. The molecule has 2 fully saturated rings. The van der Waals surface area contributed by atoms with Gasteiger partial charge in [0.2, 0.25) is 5.91 Å². The van der Waals surface area contributed by atoms with Gasteiger partial charge in [-0.05, 0) is 31.6 Å². The number of rotatable bonds is 2. The second-order valence-corrected chi connectivity index (χ2v) is 5.10. The lowest BCUT2D eigenvalue weighted by Gasteiger charge is -2.31. The molecule has 2 rings (SSSR count). The van der Waals surface area contributed by atoms with E-state index in [1.165, 1.54) is 25.7 Å². The lowest BCUT2D eigenvalue weighted by molar-refractivity contribution is -0.133. The lowest BCUT2D eigenvalue weighted by Crippen LogP contribution is -2.46. The minimum absolute atomic E-state index is 0.214. The Morgan fingerprint density at radius 3 is 2.60 bits per heavy atom. The largest absolute Gasteiger partial charge is 0.341 e. The van der Waals surface area contributed by atoms with E-state index in [2.05, 4.69) is 0 Å². The SMILES string of the molecule is NC1CCCN(C(=O)CC2CCCC2)C1.